The topological polar surface area (TPSA) is 0 Å². The zero-order valence-corrected chi connectivity index (χ0v) is 4.86. The van der Waals surface area contributed by atoms with Gasteiger partial charge in [-0.05, 0) is 0 Å². The van der Waals surface area contributed by atoms with Crippen molar-refractivity contribution in [2.75, 3.05) is 0 Å². The first-order valence-corrected chi connectivity index (χ1v) is 4.96. The zero-order valence-electron chi connectivity index (χ0n) is 1.49. The summed E-state index contributed by atoms with van der Waals surface area (Å²) in [7, 11) is 14.7. The molecule has 0 aliphatic carbocycles. The molecule has 0 unspecified atom stereocenters. The second kappa shape index (κ2) is 5.99. The maximum atomic E-state index is 4.89. The number of halogens is 3. The van der Waals surface area contributed by atoms with Gasteiger partial charge >= 0.3 is 60.3 Å². The van der Waals surface area contributed by atoms with Crippen molar-refractivity contribution in [1.82, 2.24) is 0 Å². The molecule has 0 nitrogen and oxygen atoms in total. The Balaban J connectivity index is 0. The van der Waals surface area contributed by atoms with Crippen LogP contribution in [0.25, 0.3) is 0 Å². The molecule has 0 amide bonds. The molecule has 0 atom stereocenters. The predicted octanol–water partition coefficient (Wildman–Crippen LogP) is 1.42. The van der Waals surface area contributed by atoms with Crippen LogP contribution >= 0.6 is 30.3 Å². The van der Waals surface area contributed by atoms with Crippen LogP contribution in [0.1, 0.15) is 0 Å². The van der Waals surface area contributed by atoms with Crippen molar-refractivity contribution in [3.05, 3.63) is 0 Å². The summed E-state index contributed by atoms with van der Waals surface area (Å²) in [6, 6.07) is 0. The Kier molecular flexibility index (Phi) is 12.1. The van der Waals surface area contributed by atoms with Gasteiger partial charge in [-0.15, -0.1) is 0 Å². The van der Waals surface area contributed by atoms with Gasteiger partial charge in [-0.2, -0.15) is 0 Å². The van der Waals surface area contributed by atoms with Crippen molar-refractivity contribution in [3.8, 4) is 0 Å². The first-order valence-electron chi connectivity index (χ1n) is 0.401. The Bertz CT molecular complexity index is 11.6. The average Bonchev–Trinajstić information content (AvgIpc) is 0.811. The molecule has 0 aromatic carbocycles. The van der Waals surface area contributed by atoms with Crippen LogP contribution in [0, 0.1) is 0 Å². The van der Waals surface area contributed by atoms with E-state index in [1.165, 1.54) is 0 Å². The van der Waals surface area contributed by atoms with Gasteiger partial charge in [0.1, 0.15) is 0 Å². The third-order valence-corrected chi connectivity index (χ3v) is 0. The molecule has 5 heteroatoms. The standard InChI is InChI=1S/3ClH.Fe.Li.H/h3*1H;;;/q;;;+3;;/p-3. The van der Waals surface area contributed by atoms with Crippen molar-refractivity contribution in [2.24, 2.45) is 0 Å². The van der Waals surface area contributed by atoms with E-state index in [0.717, 1.165) is 0 Å². The molecular formula is HCl3FeLi. The molecular weight excluding hydrogens is 169 g/mol. The molecule has 0 aliphatic rings. The molecule has 5 heavy (non-hydrogen) atoms. The molecule has 0 rings (SSSR count). The van der Waals surface area contributed by atoms with E-state index in [9.17, 15) is 0 Å². The van der Waals surface area contributed by atoms with E-state index >= 15 is 0 Å². The summed E-state index contributed by atoms with van der Waals surface area (Å²) >= 11 is -1.33. The van der Waals surface area contributed by atoms with Gasteiger partial charge in [0.2, 0.25) is 0 Å². The van der Waals surface area contributed by atoms with Gasteiger partial charge in [-0.3, -0.25) is 0 Å². The minimum absolute atomic E-state index is 0. The molecule has 0 bridgehead atoms. The second-order valence-electron chi connectivity index (χ2n) is 0.152. The van der Waals surface area contributed by atoms with E-state index in [2.05, 4.69) is 0 Å². The first-order chi connectivity index (χ1) is 1.73. The van der Waals surface area contributed by atoms with E-state index in [1.54, 1.807) is 0 Å². The molecule has 0 fully saturated rings. The van der Waals surface area contributed by atoms with E-state index in [-0.39, 0.29) is 18.9 Å². The van der Waals surface area contributed by atoms with Crippen molar-refractivity contribution < 1.29 is 11.2 Å². The summed E-state index contributed by atoms with van der Waals surface area (Å²) < 4.78 is 0. The van der Waals surface area contributed by atoms with Crippen LogP contribution in [0.2, 0.25) is 0 Å². The number of hydrogen-bond donors (Lipinski definition) is 0. The number of hydrogen-bond acceptors (Lipinski definition) is 0. The van der Waals surface area contributed by atoms with Gasteiger partial charge in [-0.25, -0.2) is 0 Å². The molecule has 0 aliphatic heterocycles. The maximum absolute atomic E-state index is 4.89. The average molecular weight is 170 g/mol. The van der Waals surface area contributed by atoms with E-state index in [1.807, 2.05) is 0 Å². The fourth-order valence-corrected chi connectivity index (χ4v) is 0. The Morgan fingerprint density at radius 2 is 1.00 bits per heavy atom. The van der Waals surface area contributed by atoms with Crippen LogP contribution < -0.4 is 0 Å². The molecule has 0 saturated carbocycles. The SMILES string of the molecule is [Cl][Fe]([Cl])[Cl].[LiH]. The van der Waals surface area contributed by atoms with E-state index in [4.69, 9.17) is 30.3 Å². The summed E-state index contributed by atoms with van der Waals surface area (Å²) in [5, 5.41) is 0. The second-order valence-corrected chi connectivity index (χ2v) is 5.62. The fraction of sp³-hybridized carbons (Fsp3) is 0. The van der Waals surface area contributed by atoms with Gasteiger partial charge in [0.15, 0.2) is 0 Å². The fourth-order valence-electron chi connectivity index (χ4n) is 0. The van der Waals surface area contributed by atoms with Crippen LogP contribution in [-0.2, 0) is 11.2 Å². The minimum atomic E-state index is -1.33. The first kappa shape index (κ1) is 10.1. The van der Waals surface area contributed by atoms with Gasteiger partial charge in [-0.1, -0.05) is 0 Å². The van der Waals surface area contributed by atoms with Crippen LogP contribution in [0.5, 0.6) is 0 Å². The molecule has 0 heterocycles. The summed E-state index contributed by atoms with van der Waals surface area (Å²) in [5.41, 5.74) is 0. The van der Waals surface area contributed by atoms with Crippen LogP contribution in [-0.4, -0.2) is 18.9 Å². The zero-order chi connectivity index (χ0) is 3.58. The van der Waals surface area contributed by atoms with Crippen LogP contribution in [0.3, 0.4) is 0 Å². The van der Waals surface area contributed by atoms with Crippen molar-refractivity contribution in [1.29, 1.82) is 0 Å². The molecule has 0 saturated heterocycles. The summed E-state index contributed by atoms with van der Waals surface area (Å²) in [5.74, 6) is 0. The summed E-state index contributed by atoms with van der Waals surface area (Å²) in [4.78, 5) is 0. The van der Waals surface area contributed by atoms with E-state index < -0.39 is 11.2 Å². The Labute approximate surface area is 59.9 Å². The molecule has 31 valence electrons. The Morgan fingerprint density at radius 1 is 1.00 bits per heavy atom. The summed E-state index contributed by atoms with van der Waals surface area (Å²) in [6.45, 7) is 0. The Hall–Kier alpha value is 1.99. The third-order valence-electron chi connectivity index (χ3n) is 0. The van der Waals surface area contributed by atoms with Crippen LogP contribution in [0.4, 0.5) is 0 Å². The van der Waals surface area contributed by atoms with E-state index in [0.29, 0.717) is 0 Å². The van der Waals surface area contributed by atoms with Gasteiger partial charge in [0.05, 0.1) is 0 Å². The van der Waals surface area contributed by atoms with Crippen molar-refractivity contribution >= 4 is 49.2 Å². The van der Waals surface area contributed by atoms with Crippen molar-refractivity contribution in [2.45, 2.75) is 0 Å². The molecule has 0 aromatic heterocycles. The predicted molar refractivity (Wildman–Crippen MR) is 24.7 cm³/mol. The molecule has 0 radical (unpaired) electrons. The molecule has 0 N–H and O–H groups in total. The number of rotatable bonds is 0. The monoisotopic (exact) mass is 169 g/mol. The van der Waals surface area contributed by atoms with Gasteiger partial charge in [0, 0.05) is 0 Å². The van der Waals surface area contributed by atoms with Crippen LogP contribution in [0.15, 0.2) is 0 Å². The van der Waals surface area contributed by atoms with Gasteiger partial charge in [0.25, 0.3) is 0 Å². The molecule has 0 aromatic rings. The quantitative estimate of drug-likeness (QED) is 0.482. The Morgan fingerprint density at radius 3 is 1.00 bits per heavy atom. The normalized spacial score (nSPS) is 9.00. The third kappa shape index (κ3) is 24.1. The summed E-state index contributed by atoms with van der Waals surface area (Å²) in [6.07, 6.45) is 0. The van der Waals surface area contributed by atoms with Crippen molar-refractivity contribution in [3.63, 3.8) is 0 Å². The van der Waals surface area contributed by atoms with Gasteiger partial charge < -0.3 is 0 Å². The molecule has 0 spiro atoms.